The zero-order valence-corrected chi connectivity index (χ0v) is 6.53. The maximum atomic E-state index is 9.64. The molecule has 0 bridgehead atoms. The fourth-order valence-electron chi connectivity index (χ4n) is 2.33. The Morgan fingerprint density at radius 1 is 1.18 bits per heavy atom. The molecule has 2 aliphatic carbocycles. The molecule has 2 rings (SSSR count). The van der Waals surface area contributed by atoms with Gasteiger partial charge in [-0.2, -0.15) is 0 Å². The normalized spacial score (nSPS) is 40.5. The first-order valence-electron chi connectivity index (χ1n) is 4.30. The third-order valence-electron chi connectivity index (χ3n) is 3.07. The molecule has 0 aromatic rings. The molecular formula is C9H14O2. The van der Waals surface area contributed by atoms with Crippen molar-refractivity contribution >= 4 is 0 Å². The molecular weight excluding hydrogens is 140 g/mol. The summed E-state index contributed by atoms with van der Waals surface area (Å²) in [5, 5.41) is 18.9. The maximum Gasteiger partial charge on any atom is 0.0988 e. The van der Waals surface area contributed by atoms with E-state index in [1.807, 2.05) is 6.08 Å². The van der Waals surface area contributed by atoms with E-state index in [1.54, 1.807) is 6.08 Å². The van der Waals surface area contributed by atoms with Gasteiger partial charge in [0.05, 0.1) is 12.2 Å². The lowest BCUT2D eigenvalue weighted by Crippen LogP contribution is -2.34. The molecule has 0 aromatic carbocycles. The highest BCUT2D eigenvalue weighted by atomic mass is 16.3. The van der Waals surface area contributed by atoms with Crippen molar-refractivity contribution in [1.29, 1.82) is 0 Å². The van der Waals surface area contributed by atoms with E-state index >= 15 is 0 Å². The summed E-state index contributed by atoms with van der Waals surface area (Å²) in [6, 6.07) is 0. The molecule has 2 heteroatoms. The summed E-state index contributed by atoms with van der Waals surface area (Å²) in [5.74, 6) is 0. The summed E-state index contributed by atoms with van der Waals surface area (Å²) in [6.45, 7) is 0. The van der Waals surface area contributed by atoms with Gasteiger partial charge in [-0.25, -0.2) is 0 Å². The highest BCUT2D eigenvalue weighted by Crippen LogP contribution is 2.46. The maximum absolute atomic E-state index is 9.64. The molecule has 0 saturated heterocycles. The van der Waals surface area contributed by atoms with Gasteiger partial charge in [0.1, 0.15) is 0 Å². The van der Waals surface area contributed by atoms with Crippen LogP contribution in [0.5, 0.6) is 0 Å². The molecule has 2 N–H and O–H groups in total. The zero-order valence-electron chi connectivity index (χ0n) is 6.53. The van der Waals surface area contributed by atoms with E-state index in [0.29, 0.717) is 0 Å². The summed E-state index contributed by atoms with van der Waals surface area (Å²) >= 11 is 0. The SMILES string of the molecule is O[C@H]1C=CC2(CCCC2)[C@H]1O. The Kier molecular flexibility index (Phi) is 1.55. The van der Waals surface area contributed by atoms with Crippen LogP contribution in [-0.4, -0.2) is 22.4 Å². The largest absolute Gasteiger partial charge is 0.389 e. The first kappa shape index (κ1) is 7.32. The molecule has 0 aliphatic heterocycles. The molecule has 1 saturated carbocycles. The van der Waals surface area contributed by atoms with Crippen LogP contribution in [-0.2, 0) is 0 Å². The van der Waals surface area contributed by atoms with Crippen LogP contribution in [0.15, 0.2) is 12.2 Å². The van der Waals surface area contributed by atoms with Gasteiger partial charge in [0.15, 0.2) is 0 Å². The second-order valence-electron chi connectivity index (χ2n) is 3.73. The molecule has 2 aliphatic rings. The smallest absolute Gasteiger partial charge is 0.0988 e. The van der Waals surface area contributed by atoms with Gasteiger partial charge >= 0.3 is 0 Å². The average molecular weight is 154 g/mol. The van der Waals surface area contributed by atoms with Crippen molar-refractivity contribution in [3.05, 3.63) is 12.2 Å². The predicted molar refractivity (Wildman–Crippen MR) is 42.1 cm³/mol. The van der Waals surface area contributed by atoms with Crippen LogP contribution in [0.1, 0.15) is 25.7 Å². The summed E-state index contributed by atoms with van der Waals surface area (Å²) in [7, 11) is 0. The second-order valence-corrected chi connectivity index (χ2v) is 3.73. The van der Waals surface area contributed by atoms with Crippen LogP contribution < -0.4 is 0 Å². The van der Waals surface area contributed by atoms with Crippen LogP contribution in [0.2, 0.25) is 0 Å². The third kappa shape index (κ3) is 0.932. The Morgan fingerprint density at radius 2 is 1.82 bits per heavy atom. The highest BCUT2D eigenvalue weighted by molar-refractivity contribution is 5.18. The van der Waals surface area contributed by atoms with E-state index in [9.17, 15) is 10.2 Å². The molecule has 2 nitrogen and oxygen atoms in total. The summed E-state index contributed by atoms with van der Waals surface area (Å²) < 4.78 is 0. The van der Waals surface area contributed by atoms with Gasteiger partial charge in [0.25, 0.3) is 0 Å². The molecule has 1 fully saturated rings. The summed E-state index contributed by atoms with van der Waals surface area (Å²) in [4.78, 5) is 0. The molecule has 0 unspecified atom stereocenters. The lowest BCUT2D eigenvalue weighted by molar-refractivity contribution is -0.00679. The Labute approximate surface area is 66.5 Å². The van der Waals surface area contributed by atoms with Gasteiger partial charge in [-0.15, -0.1) is 0 Å². The van der Waals surface area contributed by atoms with Crippen molar-refractivity contribution in [2.75, 3.05) is 0 Å². The third-order valence-corrected chi connectivity index (χ3v) is 3.07. The minimum atomic E-state index is -0.618. The van der Waals surface area contributed by atoms with Gasteiger partial charge < -0.3 is 10.2 Å². The first-order valence-corrected chi connectivity index (χ1v) is 4.30. The first-order chi connectivity index (χ1) is 5.25. The van der Waals surface area contributed by atoms with E-state index in [2.05, 4.69) is 0 Å². The Bertz CT molecular complexity index is 180. The second kappa shape index (κ2) is 2.32. The minimum Gasteiger partial charge on any atom is -0.389 e. The quantitative estimate of drug-likeness (QED) is 0.507. The number of aliphatic hydroxyl groups is 2. The fourth-order valence-corrected chi connectivity index (χ4v) is 2.33. The van der Waals surface area contributed by atoms with Crippen LogP contribution in [0, 0.1) is 5.41 Å². The number of hydrogen-bond donors (Lipinski definition) is 2. The zero-order chi connectivity index (χ0) is 7.90. The minimum absolute atomic E-state index is 0.0561. The number of aliphatic hydroxyl groups excluding tert-OH is 2. The average Bonchev–Trinajstić information content (AvgIpc) is 2.56. The molecule has 0 aromatic heterocycles. The monoisotopic (exact) mass is 154 g/mol. The van der Waals surface area contributed by atoms with Crippen molar-refractivity contribution < 1.29 is 10.2 Å². The van der Waals surface area contributed by atoms with Gasteiger partial charge in [0.2, 0.25) is 0 Å². The standard InChI is InChI=1S/C9H14O2/c10-7-3-6-9(8(7)11)4-1-2-5-9/h3,6-8,10-11H,1-2,4-5H2/t7-,8-/m0/s1. The number of hydrogen-bond acceptors (Lipinski definition) is 2. The van der Waals surface area contributed by atoms with E-state index in [4.69, 9.17) is 0 Å². The lowest BCUT2D eigenvalue weighted by Gasteiger charge is -2.27. The van der Waals surface area contributed by atoms with E-state index < -0.39 is 12.2 Å². The van der Waals surface area contributed by atoms with E-state index in [-0.39, 0.29) is 5.41 Å². The molecule has 0 heterocycles. The van der Waals surface area contributed by atoms with Gasteiger partial charge in [0, 0.05) is 5.41 Å². The molecule has 2 atom stereocenters. The van der Waals surface area contributed by atoms with Gasteiger partial charge in [-0.05, 0) is 12.8 Å². The molecule has 0 amide bonds. The molecule has 62 valence electrons. The Hall–Kier alpha value is -0.340. The topological polar surface area (TPSA) is 40.5 Å². The van der Waals surface area contributed by atoms with Crippen molar-refractivity contribution in [1.82, 2.24) is 0 Å². The van der Waals surface area contributed by atoms with E-state index in [1.165, 1.54) is 12.8 Å². The summed E-state index contributed by atoms with van der Waals surface area (Å²) in [6.07, 6.45) is 7.05. The van der Waals surface area contributed by atoms with Crippen molar-refractivity contribution in [3.63, 3.8) is 0 Å². The van der Waals surface area contributed by atoms with Crippen molar-refractivity contribution in [3.8, 4) is 0 Å². The molecule has 11 heavy (non-hydrogen) atoms. The van der Waals surface area contributed by atoms with Crippen molar-refractivity contribution in [2.24, 2.45) is 5.41 Å². The molecule has 0 radical (unpaired) electrons. The van der Waals surface area contributed by atoms with Crippen LogP contribution in [0.25, 0.3) is 0 Å². The van der Waals surface area contributed by atoms with Crippen LogP contribution >= 0.6 is 0 Å². The molecule has 1 spiro atoms. The van der Waals surface area contributed by atoms with Crippen LogP contribution in [0.4, 0.5) is 0 Å². The van der Waals surface area contributed by atoms with Gasteiger partial charge in [-0.3, -0.25) is 0 Å². The Morgan fingerprint density at radius 3 is 2.27 bits per heavy atom. The Balaban J connectivity index is 2.20. The van der Waals surface area contributed by atoms with Crippen LogP contribution in [0.3, 0.4) is 0 Å². The highest BCUT2D eigenvalue weighted by Gasteiger charge is 2.44. The van der Waals surface area contributed by atoms with Gasteiger partial charge in [-0.1, -0.05) is 25.0 Å². The lowest BCUT2D eigenvalue weighted by atomic mass is 9.83. The predicted octanol–water partition coefficient (Wildman–Crippen LogP) is 0.838. The van der Waals surface area contributed by atoms with Crippen molar-refractivity contribution in [2.45, 2.75) is 37.9 Å². The summed E-state index contributed by atoms with van der Waals surface area (Å²) in [5.41, 5.74) is -0.0561. The number of rotatable bonds is 0. The van der Waals surface area contributed by atoms with E-state index in [0.717, 1.165) is 12.8 Å². The fraction of sp³-hybridized carbons (Fsp3) is 0.778.